The summed E-state index contributed by atoms with van der Waals surface area (Å²) in [5.74, 6) is 6.10. The zero-order valence-electron chi connectivity index (χ0n) is 10.4. The number of anilines is 2. The number of benzene rings is 1. The normalized spacial score (nSPS) is 9.79. The molecule has 1 amide bonds. The molecular weight excluding hydrogens is 244 g/mol. The van der Waals surface area contributed by atoms with Gasteiger partial charge in [-0.3, -0.25) is 4.79 Å². The number of methoxy groups -OCH3 is 1. The zero-order valence-corrected chi connectivity index (χ0v) is 10.4. The van der Waals surface area contributed by atoms with Gasteiger partial charge in [-0.2, -0.15) is 0 Å². The maximum absolute atomic E-state index is 12.0. The van der Waals surface area contributed by atoms with E-state index in [2.05, 4.69) is 15.7 Å². The molecular formula is C13H14N4O2. The highest BCUT2D eigenvalue weighted by molar-refractivity contribution is 6.03. The highest BCUT2D eigenvalue weighted by Gasteiger charge is 2.08. The fourth-order valence-corrected chi connectivity index (χ4v) is 1.51. The lowest BCUT2D eigenvalue weighted by molar-refractivity contribution is 0.102. The lowest BCUT2D eigenvalue weighted by Crippen LogP contribution is -2.16. The number of rotatable bonds is 4. The lowest BCUT2D eigenvalue weighted by atomic mass is 10.2. The van der Waals surface area contributed by atoms with Gasteiger partial charge in [0.15, 0.2) is 0 Å². The van der Waals surface area contributed by atoms with Crippen LogP contribution in [0.2, 0.25) is 0 Å². The minimum atomic E-state index is -0.303. The summed E-state index contributed by atoms with van der Waals surface area (Å²) in [5.41, 5.74) is 3.34. The standard InChI is InChI=1S/C13H14N4O2/c1-19-10-7-5-9(6-8-10)15-13(18)11-3-2-4-12(16-11)17-14/h2-8H,14H2,1H3,(H,15,18)(H,16,17). The molecule has 0 aliphatic heterocycles. The first-order valence-electron chi connectivity index (χ1n) is 5.62. The molecule has 98 valence electrons. The van der Waals surface area contributed by atoms with Crippen molar-refractivity contribution in [2.45, 2.75) is 0 Å². The topological polar surface area (TPSA) is 89.3 Å². The minimum absolute atomic E-state index is 0.284. The van der Waals surface area contributed by atoms with Crippen molar-refractivity contribution in [3.8, 4) is 5.75 Å². The molecule has 0 saturated carbocycles. The van der Waals surface area contributed by atoms with Gasteiger partial charge >= 0.3 is 0 Å². The third-order valence-corrected chi connectivity index (χ3v) is 2.48. The first-order chi connectivity index (χ1) is 9.22. The Kier molecular flexibility index (Phi) is 3.94. The third kappa shape index (κ3) is 3.20. The monoisotopic (exact) mass is 258 g/mol. The average Bonchev–Trinajstić information content (AvgIpc) is 2.48. The van der Waals surface area contributed by atoms with Crippen molar-refractivity contribution in [1.29, 1.82) is 0 Å². The van der Waals surface area contributed by atoms with Crippen LogP contribution in [0.25, 0.3) is 0 Å². The molecule has 0 saturated heterocycles. The molecule has 0 aliphatic carbocycles. The first kappa shape index (κ1) is 12.8. The fraction of sp³-hybridized carbons (Fsp3) is 0.0769. The summed E-state index contributed by atoms with van der Waals surface area (Å²) in [6, 6.07) is 12.0. The lowest BCUT2D eigenvalue weighted by Gasteiger charge is -2.06. The number of nitrogens with one attached hydrogen (secondary N) is 2. The molecule has 2 rings (SSSR count). The Labute approximate surface area is 110 Å². The summed E-state index contributed by atoms with van der Waals surface area (Å²) in [7, 11) is 1.59. The van der Waals surface area contributed by atoms with Gasteiger partial charge in [-0.05, 0) is 36.4 Å². The van der Waals surface area contributed by atoms with Gasteiger partial charge < -0.3 is 15.5 Å². The highest BCUT2D eigenvalue weighted by Crippen LogP contribution is 2.15. The van der Waals surface area contributed by atoms with Crippen molar-refractivity contribution in [1.82, 2.24) is 4.98 Å². The number of hydrazine groups is 1. The Morgan fingerprint density at radius 3 is 2.58 bits per heavy atom. The molecule has 0 bridgehead atoms. The van der Waals surface area contributed by atoms with E-state index >= 15 is 0 Å². The van der Waals surface area contributed by atoms with E-state index in [4.69, 9.17) is 10.6 Å². The van der Waals surface area contributed by atoms with Crippen LogP contribution in [0.1, 0.15) is 10.5 Å². The number of amides is 1. The molecule has 0 atom stereocenters. The SMILES string of the molecule is COc1ccc(NC(=O)c2cccc(NN)n2)cc1. The quantitative estimate of drug-likeness (QED) is 0.573. The van der Waals surface area contributed by atoms with Gasteiger partial charge in [-0.15, -0.1) is 0 Å². The van der Waals surface area contributed by atoms with Crippen LogP contribution in [-0.4, -0.2) is 18.0 Å². The van der Waals surface area contributed by atoms with Crippen molar-refractivity contribution < 1.29 is 9.53 Å². The molecule has 6 heteroatoms. The number of aromatic nitrogens is 1. The van der Waals surface area contributed by atoms with Crippen LogP contribution in [0.3, 0.4) is 0 Å². The number of carbonyl (C=O) groups excluding carboxylic acids is 1. The van der Waals surface area contributed by atoms with E-state index in [1.807, 2.05) is 0 Å². The molecule has 0 aliphatic rings. The number of ether oxygens (including phenoxy) is 1. The predicted octanol–water partition coefficient (Wildman–Crippen LogP) is 1.63. The summed E-state index contributed by atoms with van der Waals surface area (Å²) in [6.07, 6.45) is 0. The summed E-state index contributed by atoms with van der Waals surface area (Å²) in [6.45, 7) is 0. The van der Waals surface area contributed by atoms with Gasteiger partial charge in [0.25, 0.3) is 5.91 Å². The molecule has 4 N–H and O–H groups in total. The summed E-state index contributed by atoms with van der Waals surface area (Å²) >= 11 is 0. The van der Waals surface area contributed by atoms with Gasteiger partial charge in [0.2, 0.25) is 0 Å². The fourth-order valence-electron chi connectivity index (χ4n) is 1.51. The van der Waals surface area contributed by atoms with Gasteiger partial charge in [-0.1, -0.05) is 6.07 Å². The predicted molar refractivity (Wildman–Crippen MR) is 73.0 cm³/mol. The van der Waals surface area contributed by atoms with Crippen molar-refractivity contribution in [2.75, 3.05) is 17.9 Å². The Balaban J connectivity index is 2.11. The van der Waals surface area contributed by atoms with Crippen molar-refractivity contribution in [3.05, 3.63) is 48.2 Å². The molecule has 19 heavy (non-hydrogen) atoms. The molecule has 0 fully saturated rings. The molecule has 2 aromatic rings. The third-order valence-electron chi connectivity index (χ3n) is 2.48. The van der Waals surface area contributed by atoms with Crippen LogP contribution in [0, 0.1) is 0 Å². The smallest absolute Gasteiger partial charge is 0.274 e. The summed E-state index contributed by atoms with van der Waals surface area (Å²) in [5, 5.41) is 2.74. The number of nitrogen functional groups attached to an aromatic ring is 1. The Hall–Kier alpha value is -2.60. The van der Waals surface area contributed by atoms with Crippen molar-refractivity contribution in [2.24, 2.45) is 5.84 Å². The van der Waals surface area contributed by atoms with E-state index in [1.165, 1.54) is 0 Å². The summed E-state index contributed by atoms with van der Waals surface area (Å²) in [4.78, 5) is 16.0. The van der Waals surface area contributed by atoms with Crippen LogP contribution in [0.5, 0.6) is 5.75 Å². The molecule has 1 aromatic carbocycles. The van der Waals surface area contributed by atoms with E-state index in [-0.39, 0.29) is 11.6 Å². The number of carbonyl (C=O) groups is 1. The van der Waals surface area contributed by atoms with Crippen molar-refractivity contribution >= 4 is 17.4 Å². The number of nitrogens with zero attached hydrogens (tertiary/aromatic N) is 1. The van der Waals surface area contributed by atoms with E-state index in [9.17, 15) is 4.79 Å². The van der Waals surface area contributed by atoms with Crippen LogP contribution >= 0.6 is 0 Å². The Morgan fingerprint density at radius 2 is 1.95 bits per heavy atom. The summed E-state index contributed by atoms with van der Waals surface area (Å²) < 4.78 is 5.04. The van der Waals surface area contributed by atoms with E-state index < -0.39 is 0 Å². The molecule has 0 unspecified atom stereocenters. The molecule has 1 heterocycles. The zero-order chi connectivity index (χ0) is 13.7. The first-order valence-corrected chi connectivity index (χ1v) is 5.62. The molecule has 6 nitrogen and oxygen atoms in total. The van der Waals surface area contributed by atoms with Gasteiger partial charge in [0.1, 0.15) is 17.3 Å². The second-order valence-electron chi connectivity index (χ2n) is 3.74. The highest BCUT2D eigenvalue weighted by atomic mass is 16.5. The molecule has 1 aromatic heterocycles. The average molecular weight is 258 g/mol. The van der Waals surface area contributed by atoms with Crippen molar-refractivity contribution in [3.63, 3.8) is 0 Å². The number of pyridine rings is 1. The van der Waals surface area contributed by atoms with Crippen LogP contribution in [0.4, 0.5) is 11.5 Å². The Bertz CT molecular complexity index is 569. The van der Waals surface area contributed by atoms with Crippen LogP contribution in [-0.2, 0) is 0 Å². The van der Waals surface area contributed by atoms with E-state index in [1.54, 1.807) is 49.6 Å². The largest absolute Gasteiger partial charge is 0.497 e. The minimum Gasteiger partial charge on any atom is -0.497 e. The number of hydrogen-bond acceptors (Lipinski definition) is 5. The van der Waals surface area contributed by atoms with Gasteiger partial charge in [0, 0.05) is 5.69 Å². The molecule has 0 spiro atoms. The Morgan fingerprint density at radius 1 is 1.21 bits per heavy atom. The van der Waals surface area contributed by atoms with E-state index in [0.29, 0.717) is 11.5 Å². The van der Waals surface area contributed by atoms with Crippen LogP contribution < -0.4 is 21.3 Å². The second-order valence-corrected chi connectivity index (χ2v) is 3.74. The maximum atomic E-state index is 12.0. The maximum Gasteiger partial charge on any atom is 0.274 e. The van der Waals surface area contributed by atoms with E-state index in [0.717, 1.165) is 5.75 Å². The van der Waals surface area contributed by atoms with Crippen LogP contribution in [0.15, 0.2) is 42.5 Å². The number of nitrogens with two attached hydrogens (primary N) is 1. The number of hydrogen-bond donors (Lipinski definition) is 3. The molecule has 0 radical (unpaired) electrons. The van der Waals surface area contributed by atoms with Gasteiger partial charge in [0.05, 0.1) is 7.11 Å². The van der Waals surface area contributed by atoms with Gasteiger partial charge in [-0.25, -0.2) is 10.8 Å². The second kappa shape index (κ2) is 5.83.